The van der Waals surface area contributed by atoms with Gasteiger partial charge < -0.3 is 15.7 Å². The van der Waals surface area contributed by atoms with Crippen molar-refractivity contribution in [1.29, 1.82) is 5.41 Å². The van der Waals surface area contributed by atoms with Crippen molar-refractivity contribution in [2.45, 2.75) is 31.7 Å². The van der Waals surface area contributed by atoms with Crippen molar-refractivity contribution >= 4 is 11.5 Å². The van der Waals surface area contributed by atoms with Gasteiger partial charge in [0.1, 0.15) is 11.7 Å². The Labute approximate surface area is 112 Å². The molecule has 0 bridgehead atoms. The van der Waals surface area contributed by atoms with E-state index < -0.39 is 5.82 Å². The van der Waals surface area contributed by atoms with E-state index in [1.165, 1.54) is 6.07 Å². The number of benzene rings is 1. The van der Waals surface area contributed by atoms with E-state index in [1.54, 1.807) is 12.1 Å². The Bertz CT molecular complexity index is 462. The first-order valence-corrected chi connectivity index (χ1v) is 6.65. The number of amidine groups is 1. The number of nitrogen functional groups attached to an aromatic ring is 1. The summed E-state index contributed by atoms with van der Waals surface area (Å²) >= 11 is 0. The minimum absolute atomic E-state index is 0.117. The fourth-order valence-electron chi connectivity index (χ4n) is 2.79. The molecule has 1 aliphatic rings. The number of nitrogens with zero attached hydrogens (tertiary/aromatic N) is 1. The number of nitrogens with two attached hydrogens (primary N) is 1. The molecule has 1 atom stereocenters. The number of aliphatic hydroxyl groups excluding tert-OH is 1. The van der Waals surface area contributed by atoms with E-state index in [0.717, 1.165) is 25.8 Å². The fraction of sp³-hybridized carbons (Fsp3) is 0.500. The fourth-order valence-corrected chi connectivity index (χ4v) is 2.79. The molecule has 1 aromatic carbocycles. The number of rotatable bonds is 4. The largest absolute Gasteiger partial charge is 0.396 e. The van der Waals surface area contributed by atoms with Crippen molar-refractivity contribution in [3.8, 4) is 0 Å². The van der Waals surface area contributed by atoms with Crippen LogP contribution >= 0.6 is 0 Å². The minimum atomic E-state index is -0.460. The molecule has 0 aliphatic carbocycles. The lowest BCUT2D eigenvalue weighted by atomic mass is 9.97. The Hall–Kier alpha value is -1.62. The normalized spacial score (nSPS) is 19.5. The van der Waals surface area contributed by atoms with Gasteiger partial charge in [-0.25, -0.2) is 4.39 Å². The van der Waals surface area contributed by atoms with E-state index in [0.29, 0.717) is 12.1 Å². The molecule has 0 saturated carbocycles. The first-order valence-electron chi connectivity index (χ1n) is 6.65. The smallest absolute Gasteiger partial charge is 0.136 e. The van der Waals surface area contributed by atoms with Crippen LogP contribution in [-0.2, 0) is 0 Å². The summed E-state index contributed by atoms with van der Waals surface area (Å²) < 4.78 is 13.9. The van der Waals surface area contributed by atoms with Gasteiger partial charge in [-0.15, -0.1) is 0 Å². The lowest BCUT2D eigenvalue weighted by Crippen LogP contribution is -2.41. The highest BCUT2D eigenvalue weighted by Crippen LogP contribution is 2.30. The van der Waals surface area contributed by atoms with Gasteiger partial charge in [-0.2, -0.15) is 0 Å². The third kappa shape index (κ3) is 2.87. The first kappa shape index (κ1) is 13.8. The molecule has 1 aliphatic heterocycles. The van der Waals surface area contributed by atoms with E-state index in [4.69, 9.17) is 16.2 Å². The second-order valence-corrected chi connectivity index (χ2v) is 4.90. The molecule has 1 saturated heterocycles. The van der Waals surface area contributed by atoms with Gasteiger partial charge in [-0.05, 0) is 37.8 Å². The van der Waals surface area contributed by atoms with Crippen LogP contribution in [0.15, 0.2) is 18.2 Å². The average Bonchev–Trinajstić information content (AvgIpc) is 2.39. The van der Waals surface area contributed by atoms with Crippen LogP contribution < -0.4 is 10.6 Å². The number of aliphatic hydroxyl groups is 1. The molecule has 2 rings (SSSR count). The summed E-state index contributed by atoms with van der Waals surface area (Å²) in [5.41, 5.74) is 6.35. The highest BCUT2D eigenvalue weighted by molar-refractivity contribution is 6.00. The standard InChI is InChI=1S/C14H20FN3O/c15-11-5-3-6-12(13(11)14(16)17)18-8-2-1-4-10(18)7-9-19/h3,5-6,10,19H,1-2,4,7-9H2,(H3,16,17). The maximum atomic E-state index is 13.9. The Morgan fingerprint density at radius 2 is 2.26 bits per heavy atom. The lowest BCUT2D eigenvalue weighted by Gasteiger charge is -2.38. The first-order chi connectivity index (χ1) is 9.15. The molecule has 4 nitrogen and oxygen atoms in total. The van der Waals surface area contributed by atoms with Gasteiger partial charge in [0.25, 0.3) is 0 Å². The Morgan fingerprint density at radius 3 is 2.95 bits per heavy atom. The molecule has 19 heavy (non-hydrogen) atoms. The summed E-state index contributed by atoms with van der Waals surface area (Å²) in [4.78, 5) is 2.08. The van der Waals surface area contributed by atoms with Gasteiger partial charge in [0.2, 0.25) is 0 Å². The van der Waals surface area contributed by atoms with E-state index >= 15 is 0 Å². The van der Waals surface area contributed by atoms with Crippen LogP contribution in [0.3, 0.4) is 0 Å². The third-order valence-electron chi connectivity index (χ3n) is 3.66. The molecule has 1 aromatic rings. The summed E-state index contributed by atoms with van der Waals surface area (Å²) in [6.07, 6.45) is 3.80. The predicted octanol–water partition coefficient (Wildman–Crippen LogP) is 1.85. The van der Waals surface area contributed by atoms with Crippen LogP contribution in [0.25, 0.3) is 0 Å². The summed E-state index contributed by atoms with van der Waals surface area (Å²) in [7, 11) is 0. The van der Waals surface area contributed by atoms with Crippen LogP contribution in [-0.4, -0.2) is 30.1 Å². The van der Waals surface area contributed by atoms with E-state index in [2.05, 4.69) is 4.90 Å². The Balaban J connectivity index is 2.38. The molecule has 1 fully saturated rings. The predicted molar refractivity (Wildman–Crippen MR) is 74.1 cm³/mol. The SMILES string of the molecule is N=C(N)c1c(F)cccc1N1CCCCC1CCO. The van der Waals surface area contributed by atoms with Crippen LogP contribution in [0.4, 0.5) is 10.1 Å². The molecule has 0 radical (unpaired) electrons. The lowest BCUT2D eigenvalue weighted by molar-refractivity contribution is 0.262. The number of piperidine rings is 1. The van der Waals surface area contributed by atoms with Gasteiger partial charge in [0, 0.05) is 19.2 Å². The molecule has 4 N–H and O–H groups in total. The zero-order chi connectivity index (χ0) is 13.8. The van der Waals surface area contributed by atoms with Gasteiger partial charge >= 0.3 is 0 Å². The number of hydrogen-bond donors (Lipinski definition) is 3. The van der Waals surface area contributed by atoms with Crippen molar-refractivity contribution in [1.82, 2.24) is 0 Å². The molecular weight excluding hydrogens is 245 g/mol. The third-order valence-corrected chi connectivity index (χ3v) is 3.66. The van der Waals surface area contributed by atoms with Crippen LogP contribution in [0.5, 0.6) is 0 Å². The molecular formula is C14H20FN3O. The van der Waals surface area contributed by atoms with Crippen LogP contribution in [0.1, 0.15) is 31.2 Å². The van der Waals surface area contributed by atoms with E-state index in [1.807, 2.05) is 0 Å². The molecule has 0 amide bonds. The number of nitrogens with one attached hydrogen (secondary N) is 1. The van der Waals surface area contributed by atoms with Crippen molar-refractivity contribution < 1.29 is 9.50 Å². The second kappa shape index (κ2) is 6.02. The average molecular weight is 265 g/mol. The van der Waals surface area contributed by atoms with Crippen molar-refractivity contribution in [2.24, 2.45) is 5.73 Å². The summed E-state index contributed by atoms with van der Waals surface area (Å²) in [6.45, 7) is 0.931. The van der Waals surface area contributed by atoms with Crippen molar-refractivity contribution in [3.05, 3.63) is 29.6 Å². The van der Waals surface area contributed by atoms with Gasteiger partial charge in [0.15, 0.2) is 0 Å². The van der Waals surface area contributed by atoms with Crippen LogP contribution in [0.2, 0.25) is 0 Å². The van der Waals surface area contributed by atoms with E-state index in [-0.39, 0.29) is 24.0 Å². The van der Waals surface area contributed by atoms with Gasteiger partial charge in [0.05, 0.1) is 11.3 Å². The highest BCUT2D eigenvalue weighted by atomic mass is 19.1. The zero-order valence-corrected chi connectivity index (χ0v) is 10.9. The highest BCUT2D eigenvalue weighted by Gasteiger charge is 2.25. The Kier molecular flexibility index (Phi) is 4.37. The van der Waals surface area contributed by atoms with Gasteiger partial charge in [-0.1, -0.05) is 6.07 Å². The molecule has 0 spiro atoms. The summed E-state index contributed by atoms with van der Waals surface area (Å²) in [5.74, 6) is -0.709. The minimum Gasteiger partial charge on any atom is -0.396 e. The number of hydrogen-bond acceptors (Lipinski definition) is 3. The topological polar surface area (TPSA) is 73.3 Å². The Morgan fingerprint density at radius 1 is 1.47 bits per heavy atom. The molecule has 1 unspecified atom stereocenters. The number of halogens is 1. The molecule has 104 valence electrons. The summed E-state index contributed by atoms with van der Waals surface area (Å²) in [6, 6.07) is 4.96. The maximum Gasteiger partial charge on any atom is 0.136 e. The zero-order valence-electron chi connectivity index (χ0n) is 10.9. The van der Waals surface area contributed by atoms with Crippen molar-refractivity contribution in [3.63, 3.8) is 0 Å². The molecule has 1 heterocycles. The monoisotopic (exact) mass is 265 g/mol. The second-order valence-electron chi connectivity index (χ2n) is 4.90. The summed E-state index contributed by atoms with van der Waals surface area (Å²) in [5, 5.41) is 16.7. The molecule has 5 heteroatoms. The number of anilines is 1. The van der Waals surface area contributed by atoms with E-state index in [9.17, 15) is 4.39 Å². The van der Waals surface area contributed by atoms with Crippen molar-refractivity contribution in [2.75, 3.05) is 18.1 Å². The maximum absolute atomic E-state index is 13.9. The van der Waals surface area contributed by atoms with Gasteiger partial charge in [-0.3, -0.25) is 5.41 Å². The molecule has 0 aromatic heterocycles. The quantitative estimate of drug-likeness (QED) is 0.574. The van der Waals surface area contributed by atoms with Crippen LogP contribution in [0, 0.1) is 11.2 Å².